The highest BCUT2D eigenvalue weighted by molar-refractivity contribution is 6.29. The van der Waals surface area contributed by atoms with Gasteiger partial charge in [-0.15, -0.1) is 0 Å². The molecule has 0 saturated carbocycles. The Morgan fingerprint density at radius 2 is 2.07 bits per heavy atom. The third kappa shape index (κ3) is 1.89. The predicted octanol–water partition coefficient (Wildman–Crippen LogP) is 2.52. The van der Waals surface area contributed by atoms with Crippen LogP contribution in [0.3, 0.4) is 0 Å². The van der Waals surface area contributed by atoms with E-state index in [0.717, 1.165) is 6.20 Å². The van der Waals surface area contributed by atoms with Gasteiger partial charge in [-0.05, 0) is 18.2 Å². The number of nitrogens with two attached hydrogens (primary N) is 1. The Morgan fingerprint density at radius 3 is 2.80 bits per heavy atom. The van der Waals surface area contributed by atoms with E-state index >= 15 is 0 Å². The Kier molecular flexibility index (Phi) is 2.51. The quantitative estimate of drug-likeness (QED) is 0.756. The lowest BCUT2D eigenvalue weighted by atomic mass is 10.1. The number of nitrogens with zero attached hydrogens (tertiary/aromatic N) is 2. The molecule has 15 heavy (non-hydrogen) atoms. The molecule has 2 N–H and O–H groups in total. The first kappa shape index (κ1) is 9.86. The maximum atomic E-state index is 13.4. The number of hydrogen-bond acceptors (Lipinski definition) is 3. The zero-order valence-corrected chi connectivity index (χ0v) is 8.37. The zero-order valence-electron chi connectivity index (χ0n) is 7.61. The molecule has 3 nitrogen and oxygen atoms in total. The Hall–Kier alpha value is -1.68. The van der Waals surface area contributed by atoms with E-state index in [2.05, 4.69) is 9.97 Å². The van der Waals surface area contributed by atoms with E-state index in [1.807, 2.05) is 0 Å². The molecule has 0 aromatic carbocycles. The summed E-state index contributed by atoms with van der Waals surface area (Å²) in [4.78, 5) is 7.62. The molecule has 2 heterocycles. The molecule has 0 spiro atoms. The van der Waals surface area contributed by atoms with Gasteiger partial charge in [0.25, 0.3) is 0 Å². The molecule has 0 aliphatic carbocycles. The molecule has 0 aliphatic heterocycles. The Labute approximate surface area is 90.7 Å². The second-order valence-electron chi connectivity index (χ2n) is 2.93. The number of nitrogen functional groups attached to an aromatic ring is 1. The monoisotopic (exact) mass is 223 g/mol. The van der Waals surface area contributed by atoms with E-state index in [4.69, 9.17) is 17.3 Å². The lowest BCUT2D eigenvalue weighted by molar-refractivity contribution is 0.624. The second kappa shape index (κ2) is 3.82. The summed E-state index contributed by atoms with van der Waals surface area (Å²) in [6.45, 7) is 0. The number of aromatic nitrogens is 2. The summed E-state index contributed by atoms with van der Waals surface area (Å²) in [6, 6.07) is 4.65. The first-order valence-electron chi connectivity index (χ1n) is 4.20. The summed E-state index contributed by atoms with van der Waals surface area (Å²) in [5, 5.41) is 0.274. The van der Waals surface area contributed by atoms with Crippen molar-refractivity contribution in [3.8, 4) is 11.3 Å². The molecule has 0 bridgehead atoms. The Bertz CT molecular complexity index is 502. The third-order valence-electron chi connectivity index (χ3n) is 1.92. The van der Waals surface area contributed by atoms with Gasteiger partial charge in [-0.3, -0.25) is 4.98 Å². The summed E-state index contributed by atoms with van der Waals surface area (Å²) >= 11 is 5.71. The predicted molar refractivity (Wildman–Crippen MR) is 56.8 cm³/mol. The van der Waals surface area contributed by atoms with Gasteiger partial charge in [0.05, 0.1) is 17.6 Å². The van der Waals surface area contributed by atoms with E-state index in [0.29, 0.717) is 16.9 Å². The minimum atomic E-state index is -0.473. The van der Waals surface area contributed by atoms with Gasteiger partial charge in [-0.25, -0.2) is 9.37 Å². The highest BCUT2D eigenvalue weighted by Crippen LogP contribution is 2.26. The summed E-state index contributed by atoms with van der Waals surface area (Å²) in [6.07, 6.45) is 2.58. The van der Waals surface area contributed by atoms with Crippen molar-refractivity contribution in [2.24, 2.45) is 0 Å². The van der Waals surface area contributed by atoms with Crippen LogP contribution in [0.5, 0.6) is 0 Å². The lowest BCUT2D eigenvalue weighted by Crippen LogP contribution is -1.95. The van der Waals surface area contributed by atoms with Crippen molar-refractivity contribution < 1.29 is 4.39 Å². The van der Waals surface area contributed by atoms with Crippen molar-refractivity contribution >= 4 is 17.3 Å². The largest absolute Gasteiger partial charge is 0.397 e. The van der Waals surface area contributed by atoms with Gasteiger partial charge in [0.15, 0.2) is 5.82 Å². The van der Waals surface area contributed by atoms with Crippen molar-refractivity contribution in [2.75, 3.05) is 5.73 Å². The van der Waals surface area contributed by atoms with Crippen LogP contribution in [0.1, 0.15) is 0 Å². The van der Waals surface area contributed by atoms with Crippen molar-refractivity contribution in [3.63, 3.8) is 0 Å². The van der Waals surface area contributed by atoms with Crippen LogP contribution in [0.4, 0.5) is 10.1 Å². The van der Waals surface area contributed by atoms with Gasteiger partial charge < -0.3 is 5.73 Å². The number of pyridine rings is 2. The standard InChI is InChI=1S/C10H7ClFN3/c11-9-2-1-8(13)10(15-9)6-3-4-14-5-7(6)12/h1-5H,13H2. The number of halogens is 2. The van der Waals surface area contributed by atoms with Gasteiger partial charge in [0.2, 0.25) is 0 Å². The molecule has 0 atom stereocenters. The van der Waals surface area contributed by atoms with Crippen LogP contribution in [0, 0.1) is 5.82 Å². The minimum Gasteiger partial charge on any atom is -0.397 e. The molecule has 0 fully saturated rings. The average molecular weight is 224 g/mol. The fourth-order valence-electron chi connectivity index (χ4n) is 1.23. The number of anilines is 1. The SMILES string of the molecule is Nc1ccc(Cl)nc1-c1ccncc1F. The molecule has 0 aliphatic rings. The van der Waals surface area contributed by atoms with Gasteiger partial charge in [0.1, 0.15) is 5.15 Å². The van der Waals surface area contributed by atoms with E-state index in [1.54, 1.807) is 12.1 Å². The van der Waals surface area contributed by atoms with E-state index in [9.17, 15) is 4.39 Å². The van der Waals surface area contributed by atoms with Gasteiger partial charge in [-0.1, -0.05) is 11.6 Å². The van der Waals surface area contributed by atoms with Crippen LogP contribution in [0.15, 0.2) is 30.6 Å². The summed E-state index contributed by atoms with van der Waals surface area (Å²) in [5.74, 6) is -0.473. The van der Waals surface area contributed by atoms with E-state index in [1.165, 1.54) is 12.3 Å². The number of rotatable bonds is 1. The van der Waals surface area contributed by atoms with Gasteiger partial charge in [0, 0.05) is 11.8 Å². The highest BCUT2D eigenvalue weighted by atomic mass is 35.5. The first-order valence-corrected chi connectivity index (χ1v) is 4.58. The molecule has 2 aromatic rings. The lowest BCUT2D eigenvalue weighted by Gasteiger charge is -2.05. The van der Waals surface area contributed by atoms with Crippen LogP contribution in [-0.2, 0) is 0 Å². The van der Waals surface area contributed by atoms with Gasteiger partial charge in [-0.2, -0.15) is 0 Å². The Morgan fingerprint density at radius 1 is 1.27 bits per heavy atom. The van der Waals surface area contributed by atoms with Crippen molar-refractivity contribution in [1.82, 2.24) is 9.97 Å². The molecule has 0 amide bonds. The van der Waals surface area contributed by atoms with Crippen molar-refractivity contribution in [1.29, 1.82) is 0 Å². The molecular weight excluding hydrogens is 217 g/mol. The van der Waals surface area contributed by atoms with E-state index in [-0.39, 0.29) is 5.15 Å². The number of hydrogen-bond donors (Lipinski definition) is 1. The molecule has 76 valence electrons. The molecule has 0 radical (unpaired) electrons. The van der Waals surface area contributed by atoms with E-state index < -0.39 is 5.82 Å². The molecule has 5 heteroatoms. The average Bonchev–Trinajstić information content (AvgIpc) is 2.23. The zero-order chi connectivity index (χ0) is 10.8. The normalized spacial score (nSPS) is 10.3. The smallest absolute Gasteiger partial charge is 0.150 e. The fourth-order valence-corrected chi connectivity index (χ4v) is 1.38. The van der Waals surface area contributed by atoms with Crippen LogP contribution in [0.25, 0.3) is 11.3 Å². The highest BCUT2D eigenvalue weighted by Gasteiger charge is 2.09. The second-order valence-corrected chi connectivity index (χ2v) is 3.31. The maximum absolute atomic E-state index is 13.4. The minimum absolute atomic E-state index is 0.274. The molecule has 0 saturated heterocycles. The van der Waals surface area contributed by atoms with Gasteiger partial charge >= 0.3 is 0 Å². The van der Waals surface area contributed by atoms with Crippen LogP contribution < -0.4 is 5.73 Å². The fraction of sp³-hybridized carbons (Fsp3) is 0. The third-order valence-corrected chi connectivity index (χ3v) is 2.13. The van der Waals surface area contributed by atoms with Crippen LogP contribution in [0.2, 0.25) is 5.15 Å². The Balaban J connectivity index is 2.64. The van der Waals surface area contributed by atoms with Crippen molar-refractivity contribution in [3.05, 3.63) is 41.6 Å². The van der Waals surface area contributed by atoms with Crippen molar-refractivity contribution in [2.45, 2.75) is 0 Å². The maximum Gasteiger partial charge on any atom is 0.150 e. The molecule has 0 unspecified atom stereocenters. The first-order chi connectivity index (χ1) is 7.18. The summed E-state index contributed by atoms with van der Waals surface area (Å²) in [7, 11) is 0. The summed E-state index contributed by atoms with van der Waals surface area (Å²) in [5.41, 5.74) is 6.69. The molecule has 2 rings (SSSR count). The van der Waals surface area contributed by atoms with Crippen LogP contribution >= 0.6 is 11.6 Å². The molecular formula is C10H7ClFN3. The molecule has 2 aromatic heterocycles. The topological polar surface area (TPSA) is 51.8 Å². The van der Waals surface area contributed by atoms with Crippen LogP contribution in [-0.4, -0.2) is 9.97 Å². The summed E-state index contributed by atoms with van der Waals surface area (Å²) < 4.78 is 13.4.